The van der Waals surface area contributed by atoms with Gasteiger partial charge in [-0.05, 0) is 26.3 Å². The lowest BCUT2D eigenvalue weighted by atomic mass is 10.3. The lowest BCUT2D eigenvalue weighted by Crippen LogP contribution is -2.33. The Morgan fingerprint density at radius 2 is 2.46 bits per heavy atom. The Morgan fingerprint density at radius 3 is 3.08 bits per heavy atom. The highest BCUT2D eigenvalue weighted by atomic mass is 16.5. The van der Waals surface area contributed by atoms with Crippen LogP contribution in [0.4, 0.5) is 0 Å². The molecule has 1 aliphatic rings. The highest BCUT2D eigenvalue weighted by Crippen LogP contribution is 2.08. The molecule has 1 saturated heterocycles. The number of hydrogen-bond donors (Lipinski definition) is 1. The minimum Gasteiger partial charge on any atom is -0.379 e. The highest BCUT2D eigenvalue weighted by Gasteiger charge is 2.16. The number of ether oxygens (including phenoxy) is 2. The Hall–Kier alpha value is -0.120. The predicted octanol–water partition coefficient (Wildman–Crippen LogP) is 1.18. The normalized spacial score (nSPS) is 24.9. The fourth-order valence-corrected chi connectivity index (χ4v) is 1.37. The van der Waals surface area contributed by atoms with Gasteiger partial charge in [-0.15, -0.1) is 0 Å². The van der Waals surface area contributed by atoms with E-state index in [1.54, 1.807) is 0 Å². The molecular formula is C10H21NO2. The van der Waals surface area contributed by atoms with E-state index in [0.29, 0.717) is 12.1 Å². The van der Waals surface area contributed by atoms with E-state index in [4.69, 9.17) is 9.47 Å². The topological polar surface area (TPSA) is 30.5 Å². The Labute approximate surface area is 80.8 Å². The quantitative estimate of drug-likeness (QED) is 0.677. The fraction of sp³-hybridized carbons (Fsp3) is 1.00. The van der Waals surface area contributed by atoms with E-state index in [2.05, 4.69) is 19.2 Å². The zero-order valence-electron chi connectivity index (χ0n) is 8.71. The summed E-state index contributed by atoms with van der Waals surface area (Å²) in [4.78, 5) is 0. The van der Waals surface area contributed by atoms with Crippen molar-refractivity contribution in [1.29, 1.82) is 0 Å². The van der Waals surface area contributed by atoms with Gasteiger partial charge in [0.25, 0.3) is 0 Å². The zero-order valence-corrected chi connectivity index (χ0v) is 8.71. The van der Waals surface area contributed by atoms with Crippen LogP contribution in [0.25, 0.3) is 0 Å². The molecule has 3 heteroatoms. The van der Waals surface area contributed by atoms with Crippen LogP contribution >= 0.6 is 0 Å². The van der Waals surface area contributed by atoms with Gasteiger partial charge in [0.05, 0.1) is 19.3 Å². The average molecular weight is 187 g/mol. The van der Waals surface area contributed by atoms with Crippen LogP contribution in [0.2, 0.25) is 0 Å². The Bertz CT molecular complexity index is 124. The maximum atomic E-state index is 5.67. The average Bonchev–Trinajstić information content (AvgIpc) is 2.64. The smallest absolute Gasteiger partial charge is 0.0831 e. The summed E-state index contributed by atoms with van der Waals surface area (Å²) >= 11 is 0. The van der Waals surface area contributed by atoms with Gasteiger partial charge in [0.15, 0.2) is 0 Å². The van der Waals surface area contributed by atoms with E-state index in [0.717, 1.165) is 32.8 Å². The number of nitrogens with one attached hydrogen (secondary N) is 1. The predicted molar refractivity (Wildman–Crippen MR) is 52.9 cm³/mol. The van der Waals surface area contributed by atoms with Crippen molar-refractivity contribution in [2.75, 3.05) is 26.4 Å². The summed E-state index contributed by atoms with van der Waals surface area (Å²) in [5.74, 6) is 0. The van der Waals surface area contributed by atoms with E-state index >= 15 is 0 Å². The summed E-state index contributed by atoms with van der Waals surface area (Å²) in [5, 5.41) is 3.39. The molecule has 13 heavy (non-hydrogen) atoms. The third-order valence-corrected chi connectivity index (χ3v) is 2.21. The van der Waals surface area contributed by atoms with Crippen molar-refractivity contribution in [2.45, 2.75) is 38.8 Å². The monoisotopic (exact) mass is 187 g/mol. The van der Waals surface area contributed by atoms with Gasteiger partial charge < -0.3 is 14.8 Å². The van der Waals surface area contributed by atoms with Crippen molar-refractivity contribution in [1.82, 2.24) is 5.32 Å². The first-order valence-electron chi connectivity index (χ1n) is 5.25. The minimum atomic E-state index is 0.339. The maximum Gasteiger partial charge on any atom is 0.0831 e. The number of hydrogen-bond acceptors (Lipinski definition) is 3. The van der Waals surface area contributed by atoms with Crippen LogP contribution in [0.5, 0.6) is 0 Å². The molecule has 1 fully saturated rings. The van der Waals surface area contributed by atoms with Crippen molar-refractivity contribution >= 4 is 0 Å². The molecule has 1 rings (SSSR count). The van der Waals surface area contributed by atoms with Crippen molar-refractivity contribution in [3.63, 3.8) is 0 Å². The van der Waals surface area contributed by atoms with Gasteiger partial charge >= 0.3 is 0 Å². The second-order valence-electron chi connectivity index (χ2n) is 3.67. The number of rotatable bonds is 6. The molecule has 0 radical (unpaired) electrons. The molecule has 0 amide bonds. The Morgan fingerprint density at radius 1 is 1.62 bits per heavy atom. The summed E-state index contributed by atoms with van der Waals surface area (Å²) in [6, 6.07) is 0.459. The molecular weight excluding hydrogens is 166 g/mol. The lowest BCUT2D eigenvalue weighted by molar-refractivity contribution is 0.0325. The molecule has 2 atom stereocenters. The first kappa shape index (κ1) is 11.0. The van der Waals surface area contributed by atoms with Crippen molar-refractivity contribution in [2.24, 2.45) is 0 Å². The summed E-state index contributed by atoms with van der Waals surface area (Å²) in [7, 11) is 0. The van der Waals surface area contributed by atoms with Gasteiger partial charge in [-0.1, -0.05) is 6.92 Å². The second-order valence-corrected chi connectivity index (χ2v) is 3.67. The second kappa shape index (κ2) is 6.35. The fourth-order valence-electron chi connectivity index (χ4n) is 1.37. The summed E-state index contributed by atoms with van der Waals surface area (Å²) in [6.45, 7) is 7.85. The third-order valence-electron chi connectivity index (χ3n) is 2.21. The molecule has 0 aliphatic carbocycles. The lowest BCUT2D eigenvalue weighted by Gasteiger charge is -2.16. The van der Waals surface area contributed by atoms with Gasteiger partial charge in [-0.3, -0.25) is 0 Å². The van der Waals surface area contributed by atoms with E-state index in [1.807, 2.05) is 0 Å². The van der Waals surface area contributed by atoms with Crippen molar-refractivity contribution in [3.05, 3.63) is 0 Å². The third kappa shape index (κ3) is 4.60. The van der Waals surface area contributed by atoms with Crippen LogP contribution in [-0.4, -0.2) is 38.5 Å². The standard InChI is InChI=1S/C10H21NO2/c1-3-5-11-9(2)7-13-10-4-6-12-8-10/h9-11H,3-8H2,1-2H3. The van der Waals surface area contributed by atoms with Crippen LogP contribution in [0.1, 0.15) is 26.7 Å². The molecule has 1 aliphatic heterocycles. The molecule has 0 aromatic heterocycles. The van der Waals surface area contributed by atoms with Crippen molar-refractivity contribution < 1.29 is 9.47 Å². The summed E-state index contributed by atoms with van der Waals surface area (Å²) in [5.41, 5.74) is 0. The Kier molecular flexibility index (Phi) is 5.35. The van der Waals surface area contributed by atoms with Gasteiger partial charge in [-0.25, -0.2) is 0 Å². The van der Waals surface area contributed by atoms with Crippen LogP contribution in [0, 0.1) is 0 Å². The van der Waals surface area contributed by atoms with Crippen LogP contribution in [0.15, 0.2) is 0 Å². The zero-order chi connectivity index (χ0) is 9.52. The molecule has 0 bridgehead atoms. The molecule has 0 spiro atoms. The molecule has 3 nitrogen and oxygen atoms in total. The van der Waals surface area contributed by atoms with Gasteiger partial charge in [0, 0.05) is 12.6 Å². The van der Waals surface area contributed by atoms with Crippen LogP contribution < -0.4 is 5.32 Å². The van der Waals surface area contributed by atoms with E-state index in [1.165, 1.54) is 6.42 Å². The highest BCUT2D eigenvalue weighted by molar-refractivity contribution is 4.65. The summed E-state index contributed by atoms with van der Waals surface area (Å²) < 4.78 is 10.9. The molecule has 78 valence electrons. The van der Waals surface area contributed by atoms with Gasteiger partial charge in [0.1, 0.15) is 0 Å². The molecule has 1 N–H and O–H groups in total. The maximum absolute atomic E-state index is 5.67. The van der Waals surface area contributed by atoms with E-state index in [9.17, 15) is 0 Å². The summed E-state index contributed by atoms with van der Waals surface area (Å²) in [6.07, 6.45) is 2.57. The molecule has 0 aromatic carbocycles. The van der Waals surface area contributed by atoms with Crippen molar-refractivity contribution in [3.8, 4) is 0 Å². The molecule has 1 heterocycles. The SMILES string of the molecule is CCCNC(C)COC1CCOC1. The molecule has 0 aromatic rings. The van der Waals surface area contributed by atoms with E-state index in [-0.39, 0.29) is 0 Å². The van der Waals surface area contributed by atoms with Gasteiger partial charge in [0.2, 0.25) is 0 Å². The first-order valence-corrected chi connectivity index (χ1v) is 5.25. The Balaban J connectivity index is 1.97. The van der Waals surface area contributed by atoms with Gasteiger partial charge in [-0.2, -0.15) is 0 Å². The first-order chi connectivity index (χ1) is 6.33. The van der Waals surface area contributed by atoms with Crippen LogP contribution in [0.3, 0.4) is 0 Å². The molecule has 2 unspecified atom stereocenters. The largest absolute Gasteiger partial charge is 0.379 e. The minimum absolute atomic E-state index is 0.339. The van der Waals surface area contributed by atoms with E-state index < -0.39 is 0 Å². The van der Waals surface area contributed by atoms with Crippen LogP contribution in [-0.2, 0) is 9.47 Å². The molecule has 0 saturated carbocycles.